The van der Waals surface area contributed by atoms with Gasteiger partial charge in [0.25, 0.3) is 0 Å². The molecule has 1 saturated heterocycles. The lowest BCUT2D eigenvalue weighted by molar-refractivity contribution is -0.129. The molecule has 0 bridgehead atoms. The summed E-state index contributed by atoms with van der Waals surface area (Å²) in [7, 11) is 0. The van der Waals surface area contributed by atoms with Crippen LogP contribution >= 0.6 is 0 Å². The zero-order valence-electron chi connectivity index (χ0n) is 9.47. The van der Waals surface area contributed by atoms with Gasteiger partial charge in [0, 0.05) is 31.4 Å². The number of hydrogen-bond donors (Lipinski definition) is 1. The van der Waals surface area contributed by atoms with Gasteiger partial charge in [-0.2, -0.15) is 0 Å². The van der Waals surface area contributed by atoms with E-state index in [0.29, 0.717) is 6.42 Å². The number of pyridine rings is 1. The van der Waals surface area contributed by atoms with Gasteiger partial charge in [0.2, 0.25) is 5.91 Å². The summed E-state index contributed by atoms with van der Waals surface area (Å²) >= 11 is 0. The van der Waals surface area contributed by atoms with Gasteiger partial charge in [0.1, 0.15) is 0 Å². The van der Waals surface area contributed by atoms with Crippen molar-refractivity contribution in [2.24, 2.45) is 5.73 Å². The van der Waals surface area contributed by atoms with Crippen molar-refractivity contribution in [2.75, 3.05) is 6.54 Å². The van der Waals surface area contributed by atoms with Gasteiger partial charge in [-0.3, -0.25) is 9.78 Å². The predicted octanol–water partition coefficient (Wildman–Crippen LogP) is 1.09. The molecule has 0 unspecified atom stereocenters. The van der Waals surface area contributed by atoms with Crippen molar-refractivity contribution in [3.8, 4) is 0 Å². The summed E-state index contributed by atoms with van der Waals surface area (Å²) in [4.78, 5) is 17.8. The van der Waals surface area contributed by atoms with E-state index in [1.54, 1.807) is 12.4 Å². The highest BCUT2D eigenvalue weighted by Crippen LogP contribution is 2.31. The van der Waals surface area contributed by atoms with E-state index in [1.807, 2.05) is 17.0 Å². The second-order valence-electron chi connectivity index (χ2n) is 4.19. The first-order chi connectivity index (χ1) is 7.74. The number of nitrogens with zero attached hydrogens (tertiary/aromatic N) is 2. The molecule has 2 rings (SSSR count). The summed E-state index contributed by atoms with van der Waals surface area (Å²) in [5.74, 6) is 0.156. The molecule has 2 heterocycles. The molecule has 16 heavy (non-hydrogen) atoms. The van der Waals surface area contributed by atoms with Crippen molar-refractivity contribution in [3.05, 3.63) is 30.1 Å². The predicted molar refractivity (Wildman–Crippen MR) is 61.6 cm³/mol. The molecule has 1 aromatic heterocycles. The Morgan fingerprint density at radius 2 is 2.44 bits per heavy atom. The van der Waals surface area contributed by atoms with Crippen LogP contribution in [0.3, 0.4) is 0 Å². The first kappa shape index (κ1) is 11.1. The molecule has 1 aliphatic rings. The smallest absolute Gasteiger partial charge is 0.224 e. The van der Waals surface area contributed by atoms with Crippen LogP contribution < -0.4 is 5.73 Å². The number of likely N-dealkylation sites (tertiary alicyclic amines) is 1. The molecule has 2 atom stereocenters. The SMILES string of the molecule is CCCN1C(=O)C[C@H](N)[C@H]1c1cccnc1. The van der Waals surface area contributed by atoms with E-state index in [0.717, 1.165) is 18.5 Å². The molecular weight excluding hydrogens is 202 g/mol. The van der Waals surface area contributed by atoms with Gasteiger partial charge in [-0.1, -0.05) is 13.0 Å². The standard InChI is InChI=1S/C12H17N3O/c1-2-6-15-11(16)7-10(13)12(15)9-4-3-5-14-8-9/h3-5,8,10,12H,2,6-7,13H2,1H3/t10-,12+/m0/s1. The minimum atomic E-state index is -0.108. The summed E-state index contributed by atoms with van der Waals surface area (Å²) in [5, 5.41) is 0. The Bertz CT molecular complexity index is 366. The van der Waals surface area contributed by atoms with Crippen LogP contribution in [-0.2, 0) is 4.79 Å². The molecule has 1 fully saturated rings. The molecule has 1 aliphatic heterocycles. The van der Waals surface area contributed by atoms with Crippen LogP contribution in [0, 0.1) is 0 Å². The number of aromatic nitrogens is 1. The fraction of sp³-hybridized carbons (Fsp3) is 0.500. The van der Waals surface area contributed by atoms with E-state index >= 15 is 0 Å². The number of carbonyl (C=O) groups excluding carboxylic acids is 1. The second kappa shape index (κ2) is 4.61. The van der Waals surface area contributed by atoms with E-state index in [1.165, 1.54) is 0 Å². The van der Waals surface area contributed by atoms with E-state index in [9.17, 15) is 4.79 Å². The van der Waals surface area contributed by atoms with Crippen molar-refractivity contribution in [2.45, 2.75) is 31.8 Å². The van der Waals surface area contributed by atoms with Crippen LogP contribution in [0.5, 0.6) is 0 Å². The summed E-state index contributed by atoms with van der Waals surface area (Å²) in [6.07, 6.45) is 4.93. The fourth-order valence-corrected chi connectivity index (χ4v) is 2.30. The number of amides is 1. The van der Waals surface area contributed by atoms with Gasteiger partial charge < -0.3 is 10.6 Å². The summed E-state index contributed by atoms with van der Waals surface area (Å²) in [6.45, 7) is 2.84. The Hall–Kier alpha value is -1.42. The third kappa shape index (κ3) is 1.93. The fourth-order valence-electron chi connectivity index (χ4n) is 2.30. The van der Waals surface area contributed by atoms with Crippen LogP contribution in [0.4, 0.5) is 0 Å². The Kier molecular flexibility index (Phi) is 3.19. The average Bonchev–Trinajstić information content (AvgIpc) is 2.56. The first-order valence-corrected chi connectivity index (χ1v) is 5.69. The third-order valence-electron chi connectivity index (χ3n) is 2.96. The topological polar surface area (TPSA) is 59.2 Å². The zero-order valence-corrected chi connectivity index (χ0v) is 9.47. The lowest BCUT2D eigenvalue weighted by atomic mass is 10.0. The molecule has 0 aliphatic carbocycles. The Morgan fingerprint density at radius 1 is 1.62 bits per heavy atom. The number of carbonyl (C=O) groups is 1. The monoisotopic (exact) mass is 219 g/mol. The second-order valence-corrected chi connectivity index (χ2v) is 4.19. The average molecular weight is 219 g/mol. The minimum absolute atomic E-state index is 0.00106. The van der Waals surface area contributed by atoms with Gasteiger partial charge >= 0.3 is 0 Å². The van der Waals surface area contributed by atoms with E-state index < -0.39 is 0 Å². The molecular formula is C12H17N3O. The van der Waals surface area contributed by atoms with Crippen LogP contribution in [-0.4, -0.2) is 28.4 Å². The summed E-state index contributed by atoms with van der Waals surface area (Å²) in [5.41, 5.74) is 7.07. The summed E-state index contributed by atoms with van der Waals surface area (Å²) in [6, 6.07) is 3.76. The Morgan fingerprint density at radius 3 is 3.06 bits per heavy atom. The third-order valence-corrected chi connectivity index (χ3v) is 2.96. The zero-order chi connectivity index (χ0) is 11.5. The maximum atomic E-state index is 11.8. The number of rotatable bonds is 3. The first-order valence-electron chi connectivity index (χ1n) is 5.69. The molecule has 0 saturated carbocycles. The highest BCUT2D eigenvalue weighted by molar-refractivity contribution is 5.80. The van der Waals surface area contributed by atoms with Gasteiger partial charge in [-0.25, -0.2) is 0 Å². The van der Waals surface area contributed by atoms with Gasteiger partial charge in [0.15, 0.2) is 0 Å². The molecule has 0 spiro atoms. The van der Waals surface area contributed by atoms with E-state index in [4.69, 9.17) is 5.73 Å². The Balaban J connectivity index is 2.27. The molecule has 1 aromatic rings. The number of hydrogen-bond acceptors (Lipinski definition) is 3. The molecule has 4 heteroatoms. The maximum Gasteiger partial charge on any atom is 0.224 e. The van der Waals surface area contributed by atoms with E-state index in [2.05, 4.69) is 11.9 Å². The van der Waals surface area contributed by atoms with Gasteiger partial charge in [-0.05, 0) is 18.1 Å². The van der Waals surface area contributed by atoms with Crippen molar-refractivity contribution in [3.63, 3.8) is 0 Å². The largest absolute Gasteiger partial charge is 0.334 e. The van der Waals surface area contributed by atoms with Crippen molar-refractivity contribution in [1.82, 2.24) is 9.88 Å². The minimum Gasteiger partial charge on any atom is -0.334 e. The lowest BCUT2D eigenvalue weighted by Crippen LogP contribution is -2.33. The van der Waals surface area contributed by atoms with Crippen LogP contribution in [0.25, 0.3) is 0 Å². The normalized spacial score (nSPS) is 25.1. The lowest BCUT2D eigenvalue weighted by Gasteiger charge is -2.26. The quantitative estimate of drug-likeness (QED) is 0.828. The molecule has 86 valence electrons. The van der Waals surface area contributed by atoms with Crippen LogP contribution in [0.2, 0.25) is 0 Å². The molecule has 0 radical (unpaired) electrons. The van der Waals surface area contributed by atoms with Gasteiger partial charge in [-0.15, -0.1) is 0 Å². The van der Waals surface area contributed by atoms with Crippen LogP contribution in [0.15, 0.2) is 24.5 Å². The number of nitrogens with two attached hydrogens (primary N) is 1. The molecule has 4 nitrogen and oxygen atoms in total. The van der Waals surface area contributed by atoms with Crippen LogP contribution in [0.1, 0.15) is 31.4 Å². The highest BCUT2D eigenvalue weighted by Gasteiger charge is 2.37. The molecule has 0 aromatic carbocycles. The highest BCUT2D eigenvalue weighted by atomic mass is 16.2. The van der Waals surface area contributed by atoms with Crippen molar-refractivity contribution in [1.29, 1.82) is 0 Å². The molecule has 2 N–H and O–H groups in total. The van der Waals surface area contributed by atoms with E-state index in [-0.39, 0.29) is 18.0 Å². The summed E-state index contributed by atoms with van der Waals surface area (Å²) < 4.78 is 0. The molecule has 1 amide bonds. The van der Waals surface area contributed by atoms with Crippen molar-refractivity contribution >= 4 is 5.91 Å². The van der Waals surface area contributed by atoms with Crippen molar-refractivity contribution < 1.29 is 4.79 Å². The maximum absolute atomic E-state index is 11.8. The Labute approximate surface area is 95.5 Å². The van der Waals surface area contributed by atoms with Gasteiger partial charge in [0.05, 0.1) is 6.04 Å².